The van der Waals surface area contributed by atoms with Gasteiger partial charge in [-0.2, -0.15) is 0 Å². The number of fused-ring (bicyclic) bond motifs is 1. The molecule has 2 aliphatic rings. The van der Waals surface area contributed by atoms with Gasteiger partial charge in [-0.3, -0.25) is 9.59 Å². The first kappa shape index (κ1) is 11.3. The molecule has 0 unspecified atom stereocenters. The summed E-state index contributed by atoms with van der Waals surface area (Å²) in [6.07, 6.45) is -1.45. The molecule has 0 aliphatic carbocycles. The van der Waals surface area contributed by atoms with Gasteiger partial charge in [0, 0.05) is 13.8 Å². The molecule has 2 heterocycles. The average Bonchev–Trinajstić information content (AvgIpc) is 2.70. The first-order valence-corrected chi connectivity index (χ1v) is 5.15. The number of esters is 2. The highest BCUT2D eigenvalue weighted by molar-refractivity contribution is 5.66. The van der Waals surface area contributed by atoms with E-state index in [4.69, 9.17) is 18.9 Å². The van der Waals surface area contributed by atoms with E-state index < -0.39 is 12.2 Å². The molecule has 2 saturated heterocycles. The van der Waals surface area contributed by atoms with Crippen molar-refractivity contribution in [3.8, 4) is 0 Å². The molecule has 0 bridgehead atoms. The van der Waals surface area contributed by atoms with E-state index >= 15 is 0 Å². The Bertz CT molecular complexity index is 272. The largest absolute Gasteiger partial charge is 0.457 e. The Morgan fingerprint density at radius 3 is 1.62 bits per heavy atom. The first-order valence-electron chi connectivity index (χ1n) is 5.15. The molecule has 90 valence electrons. The average molecular weight is 230 g/mol. The number of hydrogen-bond acceptors (Lipinski definition) is 6. The summed E-state index contributed by atoms with van der Waals surface area (Å²) in [5, 5.41) is 0. The van der Waals surface area contributed by atoms with Crippen LogP contribution in [0.2, 0.25) is 0 Å². The van der Waals surface area contributed by atoms with Crippen LogP contribution in [0.4, 0.5) is 0 Å². The fraction of sp³-hybridized carbons (Fsp3) is 0.800. The van der Waals surface area contributed by atoms with Crippen molar-refractivity contribution in [3.63, 3.8) is 0 Å². The number of ether oxygens (including phenoxy) is 4. The highest BCUT2D eigenvalue weighted by atomic mass is 16.7. The minimum atomic E-state index is -0.400. The van der Waals surface area contributed by atoms with Crippen LogP contribution < -0.4 is 0 Å². The van der Waals surface area contributed by atoms with Crippen LogP contribution in [-0.4, -0.2) is 49.6 Å². The molecule has 0 radical (unpaired) electrons. The van der Waals surface area contributed by atoms with E-state index in [1.807, 2.05) is 0 Å². The minimum Gasteiger partial charge on any atom is -0.457 e. The summed E-state index contributed by atoms with van der Waals surface area (Å²) < 4.78 is 20.9. The predicted molar refractivity (Wildman–Crippen MR) is 50.6 cm³/mol. The van der Waals surface area contributed by atoms with Crippen LogP contribution in [0.1, 0.15) is 13.8 Å². The van der Waals surface area contributed by atoms with Gasteiger partial charge in [0.05, 0.1) is 13.2 Å². The van der Waals surface area contributed by atoms with Crippen molar-refractivity contribution in [1.29, 1.82) is 0 Å². The van der Waals surface area contributed by atoms with Gasteiger partial charge < -0.3 is 18.9 Å². The van der Waals surface area contributed by atoms with E-state index in [-0.39, 0.29) is 37.4 Å². The van der Waals surface area contributed by atoms with Crippen LogP contribution in [0.15, 0.2) is 0 Å². The van der Waals surface area contributed by atoms with E-state index in [9.17, 15) is 9.59 Å². The van der Waals surface area contributed by atoms with E-state index in [0.29, 0.717) is 0 Å². The summed E-state index contributed by atoms with van der Waals surface area (Å²) >= 11 is 0. The molecule has 0 aromatic heterocycles. The van der Waals surface area contributed by atoms with Crippen molar-refractivity contribution in [2.45, 2.75) is 38.3 Å². The monoisotopic (exact) mass is 230 g/mol. The molecule has 2 fully saturated rings. The van der Waals surface area contributed by atoms with E-state index in [0.717, 1.165) is 0 Å². The fourth-order valence-corrected chi connectivity index (χ4v) is 2.06. The summed E-state index contributed by atoms with van der Waals surface area (Å²) in [5.41, 5.74) is 0. The molecule has 2 aliphatic heterocycles. The van der Waals surface area contributed by atoms with E-state index in [2.05, 4.69) is 0 Å². The molecular formula is C10H14O6. The number of carbonyl (C=O) groups excluding carboxylic acids is 2. The molecule has 2 rings (SSSR count). The summed E-state index contributed by atoms with van der Waals surface area (Å²) in [7, 11) is 0. The molecule has 0 spiro atoms. The Morgan fingerprint density at radius 2 is 1.31 bits per heavy atom. The molecule has 0 amide bonds. The molecule has 0 N–H and O–H groups in total. The third-order valence-electron chi connectivity index (χ3n) is 2.60. The maximum absolute atomic E-state index is 10.8. The molecule has 4 atom stereocenters. The molecule has 6 nitrogen and oxygen atoms in total. The molecule has 0 saturated carbocycles. The molecule has 6 heteroatoms. The summed E-state index contributed by atoms with van der Waals surface area (Å²) in [6.45, 7) is 3.25. The topological polar surface area (TPSA) is 71.1 Å². The van der Waals surface area contributed by atoms with Gasteiger partial charge in [-0.15, -0.1) is 0 Å². The lowest BCUT2D eigenvalue weighted by molar-refractivity contribution is -0.152. The molecule has 0 aromatic carbocycles. The van der Waals surface area contributed by atoms with Crippen LogP contribution in [0.3, 0.4) is 0 Å². The SMILES string of the molecule is CC(=O)O[C@H]1CO[C@@H]2[C@H]1OC[C@H]2OC(C)=O. The van der Waals surface area contributed by atoms with Gasteiger partial charge >= 0.3 is 11.9 Å². The van der Waals surface area contributed by atoms with Gasteiger partial charge in [-0.1, -0.05) is 0 Å². The van der Waals surface area contributed by atoms with Crippen LogP contribution in [-0.2, 0) is 28.5 Å². The van der Waals surface area contributed by atoms with E-state index in [1.54, 1.807) is 0 Å². The van der Waals surface area contributed by atoms with Crippen molar-refractivity contribution in [3.05, 3.63) is 0 Å². The van der Waals surface area contributed by atoms with Gasteiger partial charge in [0.25, 0.3) is 0 Å². The van der Waals surface area contributed by atoms with Crippen molar-refractivity contribution in [2.24, 2.45) is 0 Å². The lowest BCUT2D eigenvalue weighted by Gasteiger charge is -2.16. The van der Waals surface area contributed by atoms with Gasteiger partial charge in [0.15, 0.2) is 12.2 Å². The third kappa shape index (κ3) is 2.17. The summed E-state index contributed by atoms with van der Waals surface area (Å²) in [4.78, 5) is 21.7. The number of hydrogen-bond donors (Lipinski definition) is 0. The van der Waals surface area contributed by atoms with Crippen LogP contribution in [0.5, 0.6) is 0 Å². The molecule has 16 heavy (non-hydrogen) atoms. The smallest absolute Gasteiger partial charge is 0.303 e. The minimum absolute atomic E-state index is 0.284. The van der Waals surface area contributed by atoms with Gasteiger partial charge in [-0.25, -0.2) is 0 Å². The van der Waals surface area contributed by atoms with Crippen molar-refractivity contribution in [1.82, 2.24) is 0 Å². The summed E-state index contributed by atoms with van der Waals surface area (Å²) in [6, 6.07) is 0. The summed E-state index contributed by atoms with van der Waals surface area (Å²) in [5.74, 6) is -0.734. The van der Waals surface area contributed by atoms with Crippen molar-refractivity contribution < 1.29 is 28.5 Å². The lowest BCUT2D eigenvalue weighted by atomic mass is 10.1. The second kappa shape index (κ2) is 4.39. The van der Waals surface area contributed by atoms with Gasteiger partial charge in [0.2, 0.25) is 0 Å². The highest BCUT2D eigenvalue weighted by Crippen LogP contribution is 2.30. The Balaban J connectivity index is 1.95. The first-order chi connectivity index (χ1) is 7.58. The number of carbonyl (C=O) groups is 2. The Kier molecular flexibility index (Phi) is 3.11. The maximum atomic E-state index is 10.8. The quantitative estimate of drug-likeness (QED) is 0.604. The normalized spacial score (nSPS) is 36.9. The van der Waals surface area contributed by atoms with Crippen LogP contribution >= 0.6 is 0 Å². The maximum Gasteiger partial charge on any atom is 0.303 e. The van der Waals surface area contributed by atoms with E-state index in [1.165, 1.54) is 13.8 Å². The number of rotatable bonds is 2. The van der Waals surface area contributed by atoms with Crippen molar-refractivity contribution >= 4 is 11.9 Å². The molecular weight excluding hydrogens is 216 g/mol. The highest BCUT2D eigenvalue weighted by Gasteiger charge is 2.50. The fourth-order valence-electron chi connectivity index (χ4n) is 2.06. The molecule has 0 aromatic rings. The van der Waals surface area contributed by atoms with Gasteiger partial charge in [0.1, 0.15) is 12.2 Å². The zero-order valence-corrected chi connectivity index (χ0v) is 9.17. The van der Waals surface area contributed by atoms with Crippen LogP contribution in [0.25, 0.3) is 0 Å². The zero-order valence-electron chi connectivity index (χ0n) is 9.17. The Hall–Kier alpha value is -1.14. The predicted octanol–water partition coefficient (Wildman–Crippen LogP) is -0.353. The lowest BCUT2D eigenvalue weighted by Crippen LogP contribution is -2.35. The Morgan fingerprint density at radius 1 is 0.938 bits per heavy atom. The van der Waals surface area contributed by atoms with Crippen molar-refractivity contribution in [2.75, 3.05) is 13.2 Å². The zero-order chi connectivity index (χ0) is 11.7. The second-order valence-electron chi connectivity index (χ2n) is 3.89. The van der Waals surface area contributed by atoms with Crippen LogP contribution in [0, 0.1) is 0 Å². The standard InChI is InChI=1S/C10H14O6/c1-5(11)15-7-3-13-10-8(16-6(2)12)4-14-9(7)10/h7-10H,3-4H2,1-2H3/t7-,8+,9-,10-/m0/s1. The second-order valence-corrected chi connectivity index (χ2v) is 3.89. The third-order valence-corrected chi connectivity index (χ3v) is 2.60. The Labute approximate surface area is 92.8 Å². The van der Waals surface area contributed by atoms with Gasteiger partial charge in [-0.05, 0) is 0 Å².